The number of phenolic OH excluding ortho intramolecular Hbond substituents is 1. The highest BCUT2D eigenvalue weighted by molar-refractivity contribution is 7.08. The molecule has 0 atom stereocenters. The van der Waals surface area contributed by atoms with Gasteiger partial charge in [-0.15, -0.1) is 0 Å². The van der Waals surface area contributed by atoms with Gasteiger partial charge in [0.1, 0.15) is 5.75 Å². The van der Waals surface area contributed by atoms with Crippen LogP contribution in [0.2, 0.25) is 0 Å². The van der Waals surface area contributed by atoms with Crippen molar-refractivity contribution in [2.75, 3.05) is 6.54 Å². The minimum Gasteiger partial charge on any atom is -0.507 e. The van der Waals surface area contributed by atoms with Gasteiger partial charge in [-0.25, -0.2) is 0 Å². The summed E-state index contributed by atoms with van der Waals surface area (Å²) in [5.74, 6) is -0.453. The predicted molar refractivity (Wildman–Crippen MR) is 80.1 cm³/mol. The van der Waals surface area contributed by atoms with Gasteiger partial charge >= 0.3 is 6.18 Å². The first-order chi connectivity index (χ1) is 10.4. The van der Waals surface area contributed by atoms with Crippen LogP contribution >= 0.6 is 11.3 Å². The van der Waals surface area contributed by atoms with Crippen LogP contribution in [0.5, 0.6) is 5.75 Å². The Labute approximate surface area is 128 Å². The van der Waals surface area contributed by atoms with Gasteiger partial charge in [0, 0.05) is 33.1 Å². The molecule has 1 aliphatic rings. The Kier molecular flexibility index (Phi) is 3.44. The SMILES string of the molecule is NC1=CCN=C(c2ccc(C(F)(F)F)cc2O)c2cscc21. The van der Waals surface area contributed by atoms with Crippen molar-refractivity contribution in [2.24, 2.45) is 10.7 Å². The second-order valence-corrected chi connectivity index (χ2v) is 5.52. The summed E-state index contributed by atoms with van der Waals surface area (Å²) < 4.78 is 38.0. The molecule has 7 heteroatoms. The first kappa shape index (κ1) is 14.6. The van der Waals surface area contributed by atoms with E-state index in [0.29, 0.717) is 29.6 Å². The Balaban J connectivity index is 2.10. The molecule has 0 unspecified atom stereocenters. The largest absolute Gasteiger partial charge is 0.507 e. The van der Waals surface area contributed by atoms with Crippen molar-refractivity contribution in [3.05, 3.63) is 57.3 Å². The van der Waals surface area contributed by atoms with Crippen molar-refractivity contribution in [1.82, 2.24) is 0 Å². The molecule has 3 N–H and O–H groups in total. The van der Waals surface area contributed by atoms with Crippen LogP contribution in [0.25, 0.3) is 5.70 Å². The minimum absolute atomic E-state index is 0.260. The average molecular weight is 324 g/mol. The summed E-state index contributed by atoms with van der Waals surface area (Å²) in [6.07, 6.45) is -2.76. The maximum Gasteiger partial charge on any atom is 0.416 e. The van der Waals surface area contributed by atoms with Gasteiger partial charge in [-0.3, -0.25) is 4.99 Å². The fraction of sp³-hybridized carbons (Fsp3) is 0.133. The van der Waals surface area contributed by atoms with E-state index in [1.807, 2.05) is 10.8 Å². The summed E-state index contributed by atoms with van der Waals surface area (Å²) in [4.78, 5) is 4.34. The standard InChI is InChI=1S/C15H11F3N2OS/c16-15(17,18)8-1-2-9(13(21)5-8)14-11-7-22-6-10(11)12(19)3-4-20-14/h1-3,5-7,21H,4,19H2. The van der Waals surface area contributed by atoms with Crippen LogP contribution in [0.1, 0.15) is 22.3 Å². The van der Waals surface area contributed by atoms with Crippen molar-refractivity contribution >= 4 is 22.7 Å². The lowest BCUT2D eigenvalue weighted by Crippen LogP contribution is -2.09. The van der Waals surface area contributed by atoms with E-state index in [-0.39, 0.29) is 5.56 Å². The molecule has 3 nitrogen and oxygen atoms in total. The van der Waals surface area contributed by atoms with Crippen molar-refractivity contribution < 1.29 is 18.3 Å². The molecule has 0 aliphatic carbocycles. The average Bonchev–Trinajstić information content (AvgIpc) is 2.87. The minimum atomic E-state index is -4.50. The van der Waals surface area contributed by atoms with Gasteiger partial charge in [0.2, 0.25) is 0 Å². The van der Waals surface area contributed by atoms with Crippen LogP contribution in [-0.4, -0.2) is 17.4 Å². The Hall–Kier alpha value is -2.28. The zero-order valence-electron chi connectivity index (χ0n) is 11.2. The highest BCUT2D eigenvalue weighted by Gasteiger charge is 2.31. The van der Waals surface area contributed by atoms with E-state index in [1.54, 1.807) is 6.08 Å². The van der Waals surface area contributed by atoms with E-state index >= 15 is 0 Å². The topological polar surface area (TPSA) is 58.6 Å². The quantitative estimate of drug-likeness (QED) is 0.842. The number of nitrogens with zero attached hydrogens (tertiary/aromatic N) is 1. The number of halogens is 3. The molecule has 0 spiro atoms. The molecule has 0 bridgehead atoms. The second-order valence-electron chi connectivity index (χ2n) is 4.78. The number of phenols is 1. The molecular weight excluding hydrogens is 313 g/mol. The van der Waals surface area contributed by atoms with Gasteiger partial charge in [0.25, 0.3) is 0 Å². The smallest absolute Gasteiger partial charge is 0.416 e. The van der Waals surface area contributed by atoms with Gasteiger partial charge in [0.05, 0.1) is 17.8 Å². The Morgan fingerprint density at radius 1 is 1.14 bits per heavy atom. The molecule has 0 saturated carbocycles. The Morgan fingerprint density at radius 3 is 2.55 bits per heavy atom. The number of hydrogen-bond donors (Lipinski definition) is 2. The summed E-state index contributed by atoms with van der Waals surface area (Å²) in [6, 6.07) is 2.89. The Morgan fingerprint density at radius 2 is 1.86 bits per heavy atom. The predicted octanol–water partition coefficient (Wildman–Crippen LogP) is 3.62. The van der Waals surface area contributed by atoms with Crippen LogP contribution in [0.15, 0.2) is 40.0 Å². The van der Waals surface area contributed by atoms with E-state index in [2.05, 4.69) is 4.99 Å². The number of hydrogen-bond acceptors (Lipinski definition) is 4. The number of benzene rings is 1. The van der Waals surface area contributed by atoms with E-state index in [0.717, 1.165) is 11.6 Å². The molecule has 1 aliphatic heterocycles. The van der Waals surface area contributed by atoms with Crippen molar-refractivity contribution in [2.45, 2.75) is 6.18 Å². The molecule has 2 heterocycles. The summed E-state index contributed by atoms with van der Waals surface area (Å²) >= 11 is 1.42. The lowest BCUT2D eigenvalue weighted by Gasteiger charge is -2.12. The van der Waals surface area contributed by atoms with Crippen LogP contribution in [-0.2, 0) is 6.18 Å². The number of nitrogens with two attached hydrogens (primary N) is 1. The zero-order chi connectivity index (χ0) is 15.9. The third-order valence-corrected chi connectivity index (χ3v) is 4.11. The first-order valence-electron chi connectivity index (χ1n) is 6.35. The lowest BCUT2D eigenvalue weighted by molar-refractivity contribution is -0.137. The van der Waals surface area contributed by atoms with Crippen LogP contribution in [0.3, 0.4) is 0 Å². The normalized spacial score (nSPS) is 14.9. The van der Waals surface area contributed by atoms with Crippen LogP contribution in [0, 0.1) is 0 Å². The molecular formula is C15H11F3N2OS. The van der Waals surface area contributed by atoms with Crippen molar-refractivity contribution in [3.63, 3.8) is 0 Å². The van der Waals surface area contributed by atoms with E-state index < -0.39 is 17.5 Å². The monoisotopic (exact) mass is 324 g/mol. The molecule has 0 fully saturated rings. The fourth-order valence-electron chi connectivity index (χ4n) is 2.27. The maximum atomic E-state index is 12.7. The summed E-state index contributed by atoms with van der Waals surface area (Å²) in [5.41, 5.74) is 7.80. The van der Waals surface area contributed by atoms with Crippen molar-refractivity contribution in [1.29, 1.82) is 0 Å². The number of aliphatic imine (C=N–C) groups is 1. The second kappa shape index (κ2) is 5.17. The molecule has 1 aromatic heterocycles. The van der Waals surface area contributed by atoms with Crippen LogP contribution < -0.4 is 5.73 Å². The maximum absolute atomic E-state index is 12.7. The Bertz CT molecular complexity index is 790. The van der Waals surface area contributed by atoms with E-state index in [1.165, 1.54) is 17.4 Å². The molecule has 114 valence electrons. The molecule has 3 rings (SSSR count). The van der Waals surface area contributed by atoms with Gasteiger partial charge < -0.3 is 10.8 Å². The number of fused-ring (bicyclic) bond motifs is 1. The molecule has 0 saturated heterocycles. The number of aromatic hydroxyl groups is 1. The third-order valence-electron chi connectivity index (χ3n) is 3.37. The first-order valence-corrected chi connectivity index (χ1v) is 7.30. The fourth-order valence-corrected chi connectivity index (χ4v) is 3.11. The third kappa shape index (κ3) is 2.48. The van der Waals surface area contributed by atoms with Crippen molar-refractivity contribution in [3.8, 4) is 5.75 Å². The molecule has 0 radical (unpaired) electrons. The van der Waals surface area contributed by atoms with Gasteiger partial charge in [0.15, 0.2) is 0 Å². The van der Waals surface area contributed by atoms with Crippen LogP contribution in [0.4, 0.5) is 13.2 Å². The molecule has 0 amide bonds. The summed E-state index contributed by atoms with van der Waals surface area (Å²) in [5, 5.41) is 13.7. The molecule has 22 heavy (non-hydrogen) atoms. The molecule has 1 aromatic carbocycles. The molecule has 2 aromatic rings. The van der Waals surface area contributed by atoms with E-state index in [9.17, 15) is 18.3 Å². The number of thiophene rings is 1. The number of alkyl halides is 3. The lowest BCUT2D eigenvalue weighted by atomic mass is 9.98. The van der Waals surface area contributed by atoms with Gasteiger partial charge in [-0.1, -0.05) is 0 Å². The highest BCUT2D eigenvalue weighted by Crippen LogP contribution is 2.35. The van der Waals surface area contributed by atoms with Gasteiger partial charge in [-0.05, 0) is 24.3 Å². The number of rotatable bonds is 1. The summed E-state index contributed by atoms with van der Waals surface area (Å²) in [6.45, 7) is 0.307. The summed E-state index contributed by atoms with van der Waals surface area (Å²) in [7, 11) is 0. The highest BCUT2D eigenvalue weighted by atomic mass is 32.1. The zero-order valence-corrected chi connectivity index (χ0v) is 12.0. The van der Waals surface area contributed by atoms with E-state index in [4.69, 9.17) is 5.73 Å². The van der Waals surface area contributed by atoms with Gasteiger partial charge in [-0.2, -0.15) is 24.5 Å².